The Kier molecular flexibility index (Phi) is 29.9. The van der Waals surface area contributed by atoms with Crippen LogP contribution in [0.5, 0.6) is 0 Å². The molecule has 24 nitrogen and oxygen atoms in total. The third kappa shape index (κ3) is 21.3. The maximum absolute atomic E-state index is 15.5. The molecule has 12 amide bonds. The highest BCUT2D eigenvalue weighted by molar-refractivity contribution is 6.01. The number of amides is 12. The van der Waals surface area contributed by atoms with Crippen molar-refractivity contribution in [3.05, 3.63) is 12.2 Å². The minimum atomic E-state index is -5.30. The number of hydrogen-bond acceptors (Lipinski definition) is 12. The van der Waals surface area contributed by atoms with Crippen molar-refractivity contribution in [2.45, 2.75) is 266 Å². The van der Waals surface area contributed by atoms with Gasteiger partial charge in [-0.15, -0.1) is 0 Å². The molecule has 35 heteroatoms. The van der Waals surface area contributed by atoms with Crippen LogP contribution in [-0.4, -0.2) is 282 Å². The Morgan fingerprint density at radius 1 is 0.568 bits per heavy atom. The van der Waals surface area contributed by atoms with Crippen molar-refractivity contribution in [2.24, 2.45) is 47.3 Å². The van der Waals surface area contributed by atoms with E-state index in [4.69, 9.17) is 0 Å². The fraction of sp³-hybridized carbons (Fsp3) is 0.816. The number of hydrogen-bond donors (Lipinski definition) is 3. The van der Waals surface area contributed by atoms with E-state index < -0.39 is 255 Å². The van der Waals surface area contributed by atoms with Gasteiger partial charge in [-0.25, -0.2) is 8.78 Å². The Morgan fingerprint density at radius 2 is 1.14 bits per heavy atom. The van der Waals surface area contributed by atoms with Gasteiger partial charge in [0.15, 0.2) is 0 Å². The molecule has 2 unspecified atom stereocenters. The van der Waals surface area contributed by atoms with Gasteiger partial charge in [0.1, 0.15) is 72.1 Å². The highest BCUT2D eigenvalue weighted by atomic mass is 19.4. The van der Waals surface area contributed by atoms with Crippen molar-refractivity contribution >= 4 is 70.9 Å². The molecule has 0 aromatic rings. The lowest BCUT2D eigenvalue weighted by Gasteiger charge is -2.46. The number of fused-ring (bicyclic) bond motifs is 3. The van der Waals surface area contributed by atoms with Gasteiger partial charge in [-0.2, -0.15) is 39.5 Å². The summed E-state index contributed by atoms with van der Waals surface area (Å²) in [6.45, 7) is 0.262. The Labute approximate surface area is 642 Å². The van der Waals surface area contributed by atoms with Gasteiger partial charge in [0.05, 0.1) is 31.3 Å². The molecule has 2 saturated heterocycles. The summed E-state index contributed by atoms with van der Waals surface area (Å²) in [5.74, 6) is -21.5. The minimum absolute atomic E-state index is 0.0667. The zero-order chi connectivity index (χ0) is 82.3. The number of carbonyl (C=O) groups is 12. The SMILES string of the molecule is CC[C@H](C)[C@@H]1NC(=O)[C@H](CC2CCCC2)N(C)C(=O)C[C@@H](C(=O)N(C)C)N(C)C(=O)[C@H](C2CCCC2)N(C)C(=O)C2(CCC2)NC(=O)[C@@H]2C[C@@H](C(F)(F)F)CN2C(=O)[C@H](CCC2CC(F)C(C(F)(F)F)C(F)C2)NC(=O)CN(C)C(=O)[C@H](CC2CCC(C(F)(F)F)CC2)N2CC/C=C\C[C@@H](C2=O)N(C)C(=O)CN(C)C1=O. The zero-order valence-electron chi connectivity index (χ0n) is 65.3. The largest absolute Gasteiger partial charge is 0.397 e. The fourth-order valence-corrected chi connectivity index (χ4v) is 18.0. The molecular formula is C76H113F11N12O12. The number of rotatable bonds is 11. The maximum Gasteiger partial charge on any atom is 0.397 e. The molecule has 0 radical (unpaired) electrons. The van der Waals surface area contributed by atoms with Crippen LogP contribution < -0.4 is 16.0 Å². The average Bonchev–Trinajstić information content (AvgIpc) is 1.52. The second-order valence-electron chi connectivity index (χ2n) is 33.1. The molecule has 0 aromatic heterocycles. The average molecular weight is 1600 g/mol. The van der Waals surface area contributed by atoms with E-state index >= 15 is 60.3 Å². The van der Waals surface area contributed by atoms with Gasteiger partial charge in [-0.1, -0.05) is 70.9 Å². The molecule has 3 heterocycles. The van der Waals surface area contributed by atoms with Crippen molar-refractivity contribution in [1.82, 2.24) is 60.0 Å². The quantitative estimate of drug-likeness (QED) is 0.133. The third-order valence-corrected chi connectivity index (χ3v) is 25.3. The molecular weight excluding hydrogens is 1480 g/mol. The van der Waals surface area contributed by atoms with Gasteiger partial charge in [-0.05, 0) is 145 Å². The van der Waals surface area contributed by atoms with Crippen LogP contribution in [-0.2, 0) is 57.5 Å². The lowest BCUT2D eigenvalue weighted by atomic mass is 9.74. The summed E-state index contributed by atoms with van der Waals surface area (Å²) in [4.78, 5) is 190. The second kappa shape index (κ2) is 37.3. The molecule has 12 atom stereocenters. The number of likely N-dealkylation sites (N-methyl/N-ethyl adjacent to an activating group) is 7. The molecule has 2 bridgehead atoms. The van der Waals surface area contributed by atoms with Gasteiger partial charge in [0.2, 0.25) is 70.9 Å². The molecule has 7 fully saturated rings. The van der Waals surface area contributed by atoms with Gasteiger partial charge >= 0.3 is 18.5 Å². The lowest BCUT2D eigenvalue weighted by molar-refractivity contribution is -0.219. The van der Waals surface area contributed by atoms with Crippen molar-refractivity contribution in [1.29, 1.82) is 0 Å². The first-order valence-corrected chi connectivity index (χ1v) is 39.3. The van der Waals surface area contributed by atoms with E-state index in [2.05, 4.69) is 16.0 Å². The van der Waals surface area contributed by atoms with Gasteiger partial charge in [0.25, 0.3) is 0 Å². The number of alkyl halides is 11. The van der Waals surface area contributed by atoms with Crippen LogP contribution in [0.2, 0.25) is 0 Å². The van der Waals surface area contributed by atoms with Crippen molar-refractivity contribution in [3.63, 3.8) is 0 Å². The fourth-order valence-electron chi connectivity index (χ4n) is 18.0. The van der Waals surface area contributed by atoms with Crippen LogP contribution >= 0.6 is 0 Å². The van der Waals surface area contributed by atoms with Crippen molar-refractivity contribution in [3.8, 4) is 0 Å². The predicted octanol–water partition coefficient (Wildman–Crippen LogP) is 7.66. The van der Waals surface area contributed by atoms with E-state index in [1.54, 1.807) is 26.0 Å². The second-order valence-corrected chi connectivity index (χ2v) is 33.1. The maximum atomic E-state index is 15.5. The van der Waals surface area contributed by atoms with Crippen molar-refractivity contribution < 1.29 is 106 Å². The summed E-state index contributed by atoms with van der Waals surface area (Å²) in [7, 11) is 10.4. The molecule has 5 saturated carbocycles. The van der Waals surface area contributed by atoms with Crippen LogP contribution in [0.15, 0.2) is 12.2 Å². The standard InChI is InChI=1S/C76H113F11N12O12/c1-11-43(2)62-70(109)93(6)42-60(102)94(7)53-24-13-12-18-33-98(69(53)108)57(37-45-25-28-48(29-26-45)74(79,80)81)68(107)92(5)41-58(100)88-52(30-27-46-34-50(77)61(51(78)35-46)76(85,86)87)66(105)99-40-49(75(82,83)84)38-55(99)65(104)90-73(31-19-32-73)72(111)97(10)63(47-22-16-17-23-47)71(110)96(9)56(67(106)91(3)4)39-59(101)95(8)54(64(103)89-62)36-44-20-14-15-21-44/h12-13,43-57,61-63H,11,14-42H2,1-10H3,(H,88,100)(H,89,103)(H,90,104)/b13-12-/t43-,45?,46?,48?,49+,50?,51?,52-,53-,54-,55-,56-,57-,61?,62-,63-/m0/s1. The molecule has 1 spiro atoms. The molecule has 3 aliphatic heterocycles. The summed E-state index contributed by atoms with van der Waals surface area (Å²) < 4.78 is 161. The first-order chi connectivity index (χ1) is 51.9. The summed E-state index contributed by atoms with van der Waals surface area (Å²) >= 11 is 0. The van der Waals surface area contributed by atoms with E-state index in [1.165, 1.54) is 54.2 Å². The Bertz CT molecular complexity index is 3370. The molecule has 8 rings (SSSR count). The van der Waals surface area contributed by atoms with Crippen molar-refractivity contribution in [2.75, 3.05) is 82.6 Å². The highest BCUT2D eigenvalue weighted by Gasteiger charge is 2.58. The van der Waals surface area contributed by atoms with Crippen LogP contribution in [0.1, 0.15) is 181 Å². The zero-order valence-corrected chi connectivity index (χ0v) is 65.3. The molecule has 5 aliphatic carbocycles. The predicted molar refractivity (Wildman–Crippen MR) is 382 cm³/mol. The number of nitrogens with zero attached hydrogens (tertiary/aromatic N) is 9. The molecule has 0 aromatic carbocycles. The number of nitrogens with one attached hydrogen (secondary N) is 3. The Hall–Kier alpha value is -7.39. The summed E-state index contributed by atoms with van der Waals surface area (Å²) in [5.41, 5.74) is -1.95. The van der Waals surface area contributed by atoms with E-state index in [1.807, 2.05) is 0 Å². The summed E-state index contributed by atoms with van der Waals surface area (Å²) in [6.07, 6.45) is -17.9. The third-order valence-electron chi connectivity index (χ3n) is 25.3. The lowest BCUT2D eigenvalue weighted by Crippen LogP contribution is -2.68. The van der Waals surface area contributed by atoms with Crippen LogP contribution in [0.25, 0.3) is 0 Å². The topological polar surface area (TPSA) is 270 Å². The number of halogens is 11. The molecule has 111 heavy (non-hydrogen) atoms. The molecule has 626 valence electrons. The first-order valence-electron chi connectivity index (χ1n) is 39.3. The van der Waals surface area contributed by atoms with E-state index in [9.17, 15) is 45.5 Å². The van der Waals surface area contributed by atoms with E-state index in [-0.39, 0.29) is 83.1 Å². The van der Waals surface area contributed by atoms with Gasteiger partial charge in [-0.3, -0.25) is 57.5 Å². The van der Waals surface area contributed by atoms with E-state index in [0.717, 1.165) is 54.2 Å². The summed E-state index contributed by atoms with van der Waals surface area (Å²) in [6, 6.07) is -12.7. The van der Waals surface area contributed by atoms with Gasteiger partial charge < -0.3 is 60.0 Å². The molecule has 3 N–H and O–H groups in total. The van der Waals surface area contributed by atoms with Crippen LogP contribution in [0.3, 0.4) is 0 Å². The Morgan fingerprint density at radius 3 is 1.70 bits per heavy atom. The monoisotopic (exact) mass is 1590 g/mol. The van der Waals surface area contributed by atoms with Crippen LogP contribution in [0.4, 0.5) is 48.3 Å². The minimum Gasteiger partial charge on any atom is -0.347 e. The summed E-state index contributed by atoms with van der Waals surface area (Å²) in [5, 5.41) is 7.92. The first kappa shape index (κ1) is 89.2. The van der Waals surface area contributed by atoms with Crippen LogP contribution in [0, 0.1) is 47.3 Å². The van der Waals surface area contributed by atoms with Gasteiger partial charge in [0, 0.05) is 69.5 Å². The Balaban J connectivity index is 1.21. The number of carbonyl (C=O) groups excluding carboxylic acids is 12. The van der Waals surface area contributed by atoms with E-state index in [0.29, 0.717) is 49.8 Å². The molecule has 8 aliphatic rings. The smallest absolute Gasteiger partial charge is 0.347 e. The highest BCUT2D eigenvalue weighted by Crippen LogP contribution is 2.47. The normalized spacial score (nSPS) is 32.4.